The average molecular weight is 461 g/mol. The number of benzene rings is 2. The van der Waals surface area contributed by atoms with E-state index in [0.29, 0.717) is 21.9 Å². The van der Waals surface area contributed by atoms with Crippen molar-refractivity contribution in [1.29, 1.82) is 0 Å². The molecule has 2 amide bonds. The van der Waals surface area contributed by atoms with Crippen molar-refractivity contribution < 1.29 is 9.59 Å². The minimum atomic E-state index is -0.386. The fourth-order valence-corrected chi connectivity index (χ4v) is 3.99. The molecule has 6 nitrogen and oxygen atoms in total. The van der Waals surface area contributed by atoms with Crippen LogP contribution in [-0.2, 0) is 16.1 Å². The number of aromatic nitrogens is 1. The Kier molecular flexibility index (Phi) is 6.75. The zero-order valence-electron chi connectivity index (χ0n) is 18.6. The van der Waals surface area contributed by atoms with Gasteiger partial charge in [-0.2, -0.15) is 0 Å². The van der Waals surface area contributed by atoms with E-state index in [1.54, 1.807) is 42.6 Å². The van der Waals surface area contributed by atoms with Crippen molar-refractivity contribution in [2.24, 2.45) is 0 Å². The first kappa shape index (κ1) is 22.6. The molecule has 0 saturated heterocycles. The van der Waals surface area contributed by atoms with E-state index in [4.69, 9.17) is 11.6 Å². The van der Waals surface area contributed by atoms with Crippen molar-refractivity contribution in [2.75, 3.05) is 23.3 Å². The number of amides is 2. The molecule has 0 atom stereocenters. The Hall–Kier alpha value is -3.64. The molecule has 0 radical (unpaired) electrons. The molecule has 0 bridgehead atoms. The molecule has 33 heavy (non-hydrogen) atoms. The molecule has 0 unspecified atom stereocenters. The van der Waals surface area contributed by atoms with Crippen LogP contribution in [0.4, 0.5) is 11.4 Å². The molecule has 3 aromatic rings. The second-order valence-corrected chi connectivity index (χ2v) is 8.06. The summed E-state index contributed by atoms with van der Waals surface area (Å²) in [5.41, 5.74) is 3.66. The predicted molar refractivity (Wildman–Crippen MR) is 132 cm³/mol. The van der Waals surface area contributed by atoms with Gasteiger partial charge in [-0.05, 0) is 67.9 Å². The molecule has 7 heteroatoms. The first-order chi connectivity index (χ1) is 16.0. The van der Waals surface area contributed by atoms with E-state index in [1.165, 1.54) is 4.90 Å². The lowest BCUT2D eigenvalue weighted by molar-refractivity contribution is -0.137. The summed E-state index contributed by atoms with van der Waals surface area (Å²) >= 11 is 6.04. The Morgan fingerprint density at radius 1 is 0.909 bits per heavy atom. The summed E-state index contributed by atoms with van der Waals surface area (Å²) in [7, 11) is 0. The summed E-state index contributed by atoms with van der Waals surface area (Å²) in [5, 5.41) is 3.76. The molecule has 1 N–H and O–H groups in total. The number of carbonyl (C=O) groups is 2. The van der Waals surface area contributed by atoms with E-state index in [0.717, 1.165) is 24.5 Å². The van der Waals surface area contributed by atoms with Gasteiger partial charge in [0.15, 0.2) is 0 Å². The monoisotopic (exact) mass is 460 g/mol. The molecule has 0 spiro atoms. The predicted octanol–water partition coefficient (Wildman–Crippen LogP) is 4.97. The number of imide groups is 1. The van der Waals surface area contributed by atoms with Crippen molar-refractivity contribution in [1.82, 2.24) is 9.88 Å². The summed E-state index contributed by atoms with van der Waals surface area (Å²) in [6.07, 6.45) is 1.64. The summed E-state index contributed by atoms with van der Waals surface area (Å²) in [6, 6.07) is 20.2. The maximum Gasteiger partial charge on any atom is 0.278 e. The minimum absolute atomic E-state index is 0.0989. The molecule has 4 rings (SSSR count). The van der Waals surface area contributed by atoms with Crippen molar-refractivity contribution in [3.05, 3.63) is 94.9 Å². The van der Waals surface area contributed by atoms with Gasteiger partial charge in [-0.3, -0.25) is 19.5 Å². The highest BCUT2D eigenvalue weighted by molar-refractivity contribution is 6.36. The van der Waals surface area contributed by atoms with Crippen LogP contribution in [0.2, 0.25) is 5.02 Å². The molecule has 1 aromatic heterocycles. The van der Waals surface area contributed by atoms with E-state index < -0.39 is 0 Å². The highest BCUT2D eigenvalue weighted by atomic mass is 35.5. The lowest BCUT2D eigenvalue weighted by Crippen LogP contribution is -2.32. The highest BCUT2D eigenvalue weighted by Crippen LogP contribution is 2.32. The summed E-state index contributed by atoms with van der Waals surface area (Å²) in [6.45, 7) is 6.13. The first-order valence-corrected chi connectivity index (χ1v) is 11.3. The van der Waals surface area contributed by atoms with E-state index in [1.807, 2.05) is 30.3 Å². The van der Waals surface area contributed by atoms with Gasteiger partial charge in [0.2, 0.25) is 0 Å². The minimum Gasteiger partial charge on any atom is -0.372 e. The smallest absolute Gasteiger partial charge is 0.278 e. The Labute approximate surface area is 198 Å². The summed E-state index contributed by atoms with van der Waals surface area (Å²) < 4.78 is 0. The molecular weight excluding hydrogens is 436 g/mol. The fourth-order valence-electron chi connectivity index (χ4n) is 3.86. The third-order valence-electron chi connectivity index (χ3n) is 5.61. The SMILES string of the molecule is CCN(CC)c1ccc(NC2=C(c3ccc(Cl)cc3)C(=O)N(Cc3ccccn3)C2=O)cc1. The number of carbonyl (C=O) groups excluding carboxylic acids is 2. The van der Waals surface area contributed by atoms with Crippen molar-refractivity contribution in [3.63, 3.8) is 0 Å². The fraction of sp³-hybridized carbons (Fsp3) is 0.192. The molecule has 1 aliphatic heterocycles. The first-order valence-electron chi connectivity index (χ1n) is 10.9. The topological polar surface area (TPSA) is 65.5 Å². The molecule has 2 heterocycles. The second kappa shape index (κ2) is 9.88. The lowest BCUT2D eigenvalue weighted by atomic mass is 10.0. The quantitative estimate of drug-likeness (QED) is 0.480. The number of nitrogens with one attached hydrogen (secondary N) is 1. The van der Waals surface area contributed by atoms with Gasteiger partial charge in [-0.25, -0.2) is 0 Å². The Morgan fingerprint density at radius 2 is 1.61 bits per heavy atom. The number of anilines is 2. The molecule has 2 aromatic carbocycles. The van der Waals surface area contributed by atoms with Crippen LogP contribution in [0.1, 0.15) is 25.1 Å². The van der Waals surface area contributed by atoms with Crippen LogP contribution >= 0.6 is 11.6 Å². The van der Waals surface area contributed by atoms with E-state index in [9.17, 15) is 9.59 Å². The van der Waals surface area contributed by atoms with Gasteiger partial charge in [-0.1, -0.05) is 29.8 Å². The van der Waals surface area contributed by atoms with Crippen molar-refractivity contribution in [2.45, 2.75) is 20.4 Å². The number of nitrogens with zero attached hydrogens (tertiary/aromatic N) is 3. The van der Waals surface area contributed by atoms with Gasteiger partial charge in [0.25, 0.3) is 11.8 Å². The molecule has 0 saturated carbocycles. The average Bonchev–Trinajstić information content (AvgIpc) is 3.06. The van der Waals surface area contributed by atoms with Crippen LogP contribution in [0.25, 0.3) is 5.57 Å². The van der Waals surface area contributed by atoms with Crippen LogP contribution in [0.5, 0.6) is 0 Å². The number of halogens is 1. The summed E-state index contributed by atoms with van der Waals surface area (Å²) in [5.74, 6) is -0.751. The van der Waals surface area contributed by atoms with Crippen LogP contribution < -0.4 is 10.2 Å². The molecule has 168 valence electrons. The number of hydrogen-bond acceptors (Lipinski definition) is 5. The highest BCUT2D eigenvalue weighted by Gasteiger charge is 2.39. The van der Waals surface area contributed by atoms with E-state index in [-0.39, 0.29) is 24.1 Å². The largest absolute Gasteiger partial charge is 0.372 e. The molecule has 1 aliphatic rings. The van der Waals surface area contributed by atoms with Crippen LogP contribution in [0, 0.1) is 0 Å². The number of hydrogen-bond donors (Lipinski definition) is 1. The number of rotatable bonds is 8. The van der Waals surface area contributed by atoms with Crippen molar-refractivity contribution in [3.8, 4) is 0 Å². The lowest BCUT2D eigenvalue weighted by Gasteiger charge is -2.21. The maximum atomic E-state index is 13.4. The maximum absolute atomic E-state index is 13.4. The van der Waals surface area contributed by atoms with E-state index in [2.05, 4.69) is 29.0 Å². The Balaban J connectivity index is 1.68. The summed E-state index contributed by atoms with van der Waals surface area (Å²) in [4.78, 5) is 34.5. The van der Waals surface area contributed by atoms with Gasteiger partial charge in [-0.15, -0.1) is 0 Å². The normalized spacial score (nSPS) is 13.6. The van der Waals surface area contributed by atoms with Crippen LogP contribution in [0.3, 0.4) is 0 Å². The van der Waals surface area contributed by atoms with Crippen LogP contribution in [0.15, 0.2) is 78.6 Å². The molecule has 0 fully saturated rings. The third kappa shape index (κ3) is 4.76. The zero-order valence-corrected chi connectivity index (χ0v) is 19.3. The van der Waals surface area contributed by atoms with Gasteiger partial charge in [0, 0.05) is 35.7 Å². The zero-order chi connectivity index (χ0) is 23.4. The van der Waals surface area contributed by atoms with Crippen LogP contribution in [-0.4, -0.2) is 34.8 Å². The third-order valence-corrected chi connectivity index (χ3v) is 5.86. The second-order valence-electron chi connectivity index (χ2n) is 7.62. The van der Waals surface area contributed by atoms with Gasteiger partial charge in [0.1, 0.15) is 5.70 Å². The Morgan fingerprint density at radius 3 is 2.21 bits per heavy atom. The standard InChI is InChI=1S/C26H25ClN4O2/c1-3-30(4-2)22-14-12-20(13-15-22)29-24-23(18-8-10-19(27)11-9-18)25(32)31(26(24)33)17-21-7-5-6-16-28-21/h5-16,29H,3-4,17H2,1-2H3. The number of pyridine rings is 1. The van der Waals surface area contributed by atoms with E-state index >= 15 is 0 Å². The van der Waals surface area contributed by atoms with Gasteiger partial charge >= 0.3 is 0 Å². The molecule has 0 aliphatic carbocycles. The van der Waals surface area contributed by atoms with Gasteiger partial charge in [0.05, 0.1) is 17.8 Å². The van der Waals surface area contributed by atoms with Gasteiger partial charge < -0.3 is 10.2 Å². The van der Waals surface area contributed by atoms with Crippen molar-refractivity contribution >= 4 is 40.4 Å². The Bertz CT molecular complexity index is 1170. The molecular formula is C26H25ClN4O2.